The molecule has 1 aliphatic heterocycles. The van der Waals surface area contributed by atoms with E-state index < -0.39 is 0 Å². The molecule has 1 aromatic rings. The van der Waals surface area contributed by atoms with E-state index in [1.807, 2.05) is 0 Å². The van der Waals surface area contributed by atoms with E-state index in [-0.39, 0.29) is 18.3 Å². The lowest BCUT2D eigenvalue weighted by molar-refractivity contribution is -0.143. The van der Waals surface area contributed by atoms with Crippen molar-refractivity contribution in [3.63, 3.8) is 0 Å². The highest BCUT2D eigenvalue weighted by Crippen LogP contribution is 2.14. The summed E-state index contributed by atoms with van der Waals surface area (Å²) in [5.41, 5.74) is 6.60. The zero-order valence-electron chi connectivity index (χ0n) is 8.78. The van der Waals surface area contributed by atoms with Gasteiger partial charge >= 0.3 is 0 Å². The van der Waals surface area contributed by atoms with Crippen molar-refractivity contribution in [3.05, 3.63) is 29.6 Å². The highest BCUT2D eigenvalue weighted by molar-refractivity contribution is 5.78. The molecule has 2 rings (SSSR count). The number of hydrogen-bond acceptors (Lipinski definition) is 3. The number of halogens is 1. The van der Waals surface area contributed by atoms with Gasteiger partial charge in [-0.3, -0.25) is 4.79 Å². The van der Waals surface area contributed by atoms with Crippen molar-refractivity contribution in [1.29, 1.82) is 0 Å². The van der Waals surface area contributed by atoms with Gasteiger partial charge in [0.25, 0.3) is 0 Å². The van der Waals surface area contributed by atoms with E-state index in [0.717, 1.165) is 0 Å². The van der Waals surface area contributed by atoms with Gasteiger partial charge in [0.2, 0.25) is 5.91 Å². The fourth-order valence-corrected chi connectivity index (χ4v) is 1.70. The Labute approximate surface area is 92.8 Å². The van der Waals surface area contributed by atoms with Crippen LogP contribution in [0.2, 0.25) is 0 Å². The van der Waals surface area contributed by atoms with Crippen LogP contribution in [0.4, 0.5) is 10.1 Å². The van der Waals surface area contributed by atoms with Crippen molar-refractivity contribution in [1.82, 2.24) is 4.90 Å². The number of benzene rings is 1. The molecule has 5 heteroatoms. The average molecular weight is 224 g/mol. The summed E-state index contributed by atoms with van der Waals surface area (Å²) in [5, 5.41) is 0. The van der Waals surface area contributed by atoms with Gasteiger partial charge in [0, 0.05) is 18.8 Å². The first kappa shape index (κ1) is 10.9. The number of ether oxygens (including phenoxy) is 1. The molecule has 0 aromatic heterocycles. The predicted octanol–water partition coefficient (Wildman–Crippen LogP) is 0.767. The highest BCUT2D eigenvalue weighted by Gasteiger charge is 2.18. The molecule has 1 fully saturated rings. The minimum absolute atomic E-state index is 0.0749. The Bertz CT molecular complexity index is 389. The number of amides is 1. The van der Waals surface area contributed by atoms with Crippen molar-refractivity contribution >= 4 is 11.6 Å². The quantitative estimate of drug-likeness (QED) is 0.755. The molecular weight excluding hydrogens is 211 g/mol. The van der Waals surface area contributed by atoms with Crippen LogP contribution in [0, 0.1) is 5.82 Å². The van der Waals surface area contributed by atoms with E-state index in [4.69, 9.17) is 10.5 Å². The largest absolute Gasteiger partial charge is 0.399 e. The van der Waals surface area contributed by atoms with Gasteiger partial charge in [-0.2, -0.15) is 0 Å². The summed E-state index contributed by atoms with van der Waals surface area (Å²) in [4.78, 5) is 13.1. The molecule has 2 N–H and O–H groups in total. The Morgan fingerprint density at radius 1 is 1.44 bits per heavy atom. The van der Waals surface area contributed by atoms with Crippen LogP contribution in [-0.2, 0) is 16.1 Å². The van der Waals surface area contributed by atoms with E-state index in [2.05, 4.69) is 0 Å². The smallest absolute Gasteiger partial charge is 0.248 e. The molecule has 1 aliphatic rings. The fourth-order valence-electron chi connectivity index (χ4n) is 1.70. The summed E-state index contributed by atoms with van der Waals surface area (Å²) in [5.74, 6) is -0.454. The van der Waals surface area contributed by atoms with Crippen molar-refractivity contribution in [2.24, 2.45) is 0 Å². The molecule has 1 heterocycles. The van der Waals surface area contributed by atoms with Gasteiger partial charge in [-0.1, -0.05) is 0 Å². The van der Waals surface area contributed by atoms with Gasteiger partial charge in [0.05, 0.1) is 6.61 Å². The van der Waals surface area contributed by atoms with E-state index in [1.54, 1.807) is 11.0 Å². The Kier molecular flexibility index (Phi) is 3.05. The average Bonchev–Trinajstić information content (AvgIpc) is 2.20. The monoisotopic (exact) mass is 224 g/mol. The third-order valence-corrected chi connectivity index (χ3v) is 2.44. The van der Waals surface area contributed by atoms with Gasteiger partial charge in [0.1, 0.15) is 12.4 Å². The van der Waals surface area contributed by atoms with Crippen LogP contribution in [0.5, 0.6) is 0 Å². The number of nitrogens with two attached hydrogens (primary N) is 1. The van der Waals surface area contributed by atoms with Crippen LogP contribution in [0.15, 0.2) is 18.2 Å². The van der Waals surface area contributed by atoms with Gasteiger partial charge in [-0.15, -0.1) is 0 Å². The summed E-state index contributed by atoms with van der Waals surface area (Å²) < 4.78 is 18.1. The minimum atomic E-state index is -0.379. The number of anilines is 1. The zero-order chi connectivity index (χ0) is 11.5. The Morgan fingerprint density at radius 2 is 2.25 bits per heavy atom. The molecule has 0 saturated carbocycles. The molecule has 0 unspecified atom stereocenters. The molecule has 4 nitrogen and oxygen atoms in total. The molecule has 0 aliphatic carbocycles. The number of nitrogens with zero attached hydrogens (tertiary/aromatic N) is 1. The maximum atomic E-state index is 13.1. The van der Waals surface area contributed by atoms with Crippen LogP contribution in [0.25, 0.3) is 0 Å². The number of hydrogen-bond donors (Lipinski definition) is 1. The lowest BCUT2D eigenvalue weighted by Gasteiger charge is -2.26. The standard InChI is InChI=1S/C11H13FN2O2/c12-9-3-8(4-10(13)5-9)6-14-1-2-16-7-11(14)15/h3-5H,1-2,6-7,13H2. The van der Waals surface area contributed by atoms with Crippen LogP contribution in [0.3, 0.4) is 0 Å². The molecule has 1 saturated heterocycles. The van der Waals surface area contributed by atoms with Gasteiger partial charge in [0.15, 0.2) is 0 Å². The SMILES string of the molecule is Nc1cc(F)cc(CN2CCOCC2=O)c1. The highest BCUT2D eigenvalue weighted by atomic mass is 19.1. The Morgan fingerprint density at radius 3 is 2.94 bits per heavy atom. The minimum Gasteiger partial charge on any atom is -0.399 e. The number of rotatable bonds is 2. The van der Waals surface area contributed by atoms with E-state index >= 15 is 0 Å². The van der Waals surface area contributed by atoms with Crippen molar-refractivity contribution in [2.75, 3.05) is 25.5 Å². The van der Waals surface area contributed by atoms with E-state index in [0.29, 0.717) is 30.9 Å². The first-order chi connectivity index (χ1) is 7.65. The molecule has 0 atom stereocenters. The predicted molar refractivity (Wildman–Crippen MR) is 57.0 cm³/mol. The topological polar surface area (TPSA) is 55.6 Å². The molecule has 86 valence electrons. The van der Waals surface area contributed by atoms with Crippen molar-refractivity contribution < 1.29 is 13.9 Å². The molecule has 0 bridgehead atoms. The first-order valence-corrected chi connectivity index (χ1v) is 5.05. The van der Waals surface area contributed by atoms with Crippen LogP contribution in [0.1, 0.15) is 5.56 Å². The third kappa shape index (κ3) is 2.49. The summed E-state index contributed by atoms with van der Waals surface area (Å²) in [6.45, 7) is 1.54. The number of carbonyl (C=O) groups excluding carboxylic acids is 1. The summed E-state index contributed by atoms with van der Waals surface area (Å²) in [6, 6.07) is 4.32. The van der Waals surface area contributed by atoms with E-state index in [9.17, 15) is 9.18 Å². The summed E-state index contributed by atoms with van der Waals surface area (Å²) >= 11 is 0. The second-order valence-electron chi connectivity index (χ2n) is 3.76. The third-order valence-electron chi connectivity index (χ3n) is 2.44. The number of morpholine rings is 1. The Hall–Kier alpha value is -1.62. The lowest BCUT2D eigenvalue weighted by Crippen LogP contribution is -2.40. The molecular formula is C11H13FN2O2. The summed E-state index contributed by atoms with van der Waals surface area (Å²) in [6.07, 6.45) is 0. The van der Waals surface area contributed by atoms with Gasteiger partial charge < -0.3 is 15.4 Å². The van der Waals surface area contributed by atoms with Crippen LogP contribution < -0.4 is 5.73 Å². The molecule has 1 aromatic carbocycles. The second-order valence-corrected chi connectivity index (χ2v) is 3.76. The van der Waals surface area contributed by atoms with Crippen LogP contribution >= 0.6 is 0 Å². The lowest BCUT2D eigenvalue weighted by atomic mass is 10.2. The summed E-state index contributed by atoms with van der Waals surface area (Å²) in [7, 11) is 0. The van der Waals surface area contributed by atoms with Gasteiger partial charge in [-0.05, 0) is 23.8 Å². The molecule has 0 spiro atoms. The van der Waals surface area contributed by atoms with E-state index in [1.165, 1.54) is 12.1 Å². The second kappa shape index (κ2) is 4.49. The van der Waals surface area contributed by atoms with Gasteiger partial charge in [-0.25, -0.2) is 4.39 Å². The van der Waals surface area contributed by atoms with Crippen molar-refractivity contribution in [3.8, 4) is 0 Å². The molecule has 16 heavy (non-hydrogen) atoms. The Balaban J connectivity index is 2.10. The normalized spacial score (nSPS) is 16.6. The fraction of sp³-hybridized carbons (Fsp3) is 0.364. The maximum absolute atomic E-state index is 13.1. The molecule has 0 radical (unpaired) electrons. The maximum Gasteiger partial charge on any atom is 0.248 e. The first-order valence-electron chi connectivity index (χ1n) is 5.05. The number of carbonyl (C=O) groups is 1. The zero-order valence-corrected chi connectivity index (χ0v) is 8.78. The van der Waals surface area contributed by atoms with Crippen molar-refractivity contribution in [2.45, 2.75) is 6.54 Å². The number of nitrogen functional groups attached to an aromatic ring is 1. The molecule has 1 amide bonds. The van der Waals surface area contributed by atoms with Crippen LogP contribution in [-0.4, -0.2) is 30.6 Å².